The van der Waals surface area contributed by atoms with E-state index < -0.39 is 119 Å². The normalized spacial score (nSPS) is 35.8. The lowest BCUT2D eigenvalue weighted by atomic mass is 9.45. The fourth-order valence-electron chi connectivity index (χ4n) is 7.77. The van der Waals surface area contributed by atoms with Gasteiger partial charge in [-0.05, 0) is 32.4 Å². The van der Waals surface area contributed by atoms with Crippen LogP contribution in [0.4, 0.5) is 0 Å². The van der Waals surface area contributed by atoms with Crippen molar-refractivity contribution in [3.63, 3.8) is 0 Å². The quantitative estimate of drug-likeness (QED) is 0.240. The molecule has 0 aromatic heterocycles. The molecule has 1 heterocycles. The number of fused-ring (bicyclic) bond motifs is 1. The van der Waals surface area contributed by atoms with Crippen molar-refractivity contribution in [2.24, 2.45) is 17.3 Å². The smallest absolute Gasteiger partial charge is 0.338 e. The maximum atomic E-state index is 14.7. The molecule has 1 aromatic carbocycles. The summed E-state index contributed by atoms with van der Waals surface area (Å²) in [5.41, 5.74) is -10.0. The summed E-state index contributed by atoms with van der Waals surface area (Å²) in [4.78, 5) is 91.9. The molecule has 51 heavy (non-hydrogen) atoms. The van der Waals surface area contributed by atoms with Crippen molar-refractivity contribution in [2.75, 3.05) is 13.2 Å². The SMILES string of the molecule is CCC(C)C(=O)O[C@H]1[C@H](OC(C)=O)[C@H](OC(C)=O)[C@@]2(COC(C)=O)[C@H](OC(C)=O)C(=O)[C@@H]3[C@@H](O)[C@]2(O[C@@]3(C)COC(=O)c2ccccc2)[C@@]1(C)O. The Balaban J connectivity index is 2.08. The second-order valence-electron chi connectivity index (χ2n) is 13.6. The largest absolute Gasteiger partial charge is 0.465 e. The standard InChI is InChI=1S/C35H44O16/c1-9-17(2)30(42)50-28-25(47-19(4)37)29(49-21(6)39)34(16-45-18(3)36)27(48-20(5)38)24(40)23-26(41)35(34,33(28,8)44)51-32(23,7)15-46-31(43)22-13-11-10-12-14-22/h10-14,17,23,25-29,41,44H,9,15-16H2,1-8H3/t17?,23-,25+,26-,27-,28+,29+,32+,33+,34-,35+/m1/s1. The molecule has 16 nitrogen and oxygen atoms in total. The zero-order chi connectivity index (χ0) is 38.3. The van der Waals surface area contributed by atoms with Crippen molar-refractivity contribution in [2.45, 2.75) is 109 Å². The molecule has 0 amide bonds. The lowest BCUT2D eigenvalue weighted by Gasteiger charge is -2.66. The molecule has 3 fully saturated rings. The van der Waals surface area contributed by atoms with Crippen molar-refractivity contribution >= 4 is 41.6 Å². The number of hydrogen-bond acceptors (Lipinski definition) is 16. The van der Waals surface area contributed by atoms with E-state index in [9.17, 15) is 43.8 Å². The summed E-state index contributed by atoms with van der Waals surface area (Å²) in [6.07, 6.45) is -10.1. The van der Waals surface area contributed by atoms with Gasteiger partial charge in [-0.3, -0.25) is 28.8 Å². The van der Waals surface area contributed by atoms with E-state index >= 15 is 0 Å². The number of rotatable bonds is 11. The molecule has 11 atom stereocenters. The summed E-state index contributed by atoms with van der Waals surface area (Å²) in [6.45, 7) is 7.68. The first-order valence-electron chi connectivity index (χ1n) is 16.4. The first-order valence-corrected chi connectivity index (χ1v) is 16.4. The topological polar surface area (TPSA) is 225 Å². The zero-order valence-corrected chi connectivity index (χ0v) is 29.7. The van der Waals surface area contributed by atoms with Gasteiger partial charge in [0.2, 0.25) is 0 Å². The van der Waals surface area contributed by atoms with Crippen LogP contribution in [0.25, 0.3) is 0 Å². The Bertz CT molecular complexity index is 1570. The Kier molecular flexibility index (Phi) is 11.0. The lowest BCUT2D eigenvalue weighted by molar-refractivity contribution is -0.376. The van der Waals surface area contributed by atoms with Gasteiger partial charge in [0.25, 0.3) is 0 Å². The van der Waals surface area contributed by atoms with Crippen molar-refractivity contribution in [1.82, 2.24) is 0 Å². The summed E-state index contributed by atoms with van der Waals surface area (Å²) in [5.74, 6) is -9.41. The van der Waals surface area contributed by atoms with E-state index in [2.05, 4.69) is 0 Å². The predicted molar refractivity (Wildman–Crippen MR) is 169 cm³/mol. The molecule has 1 spiro atoms. The van der Waals surface area contributed by atoms with Crippen LogP contribution in [0.15, 0.2) is 30.3 Å². The number of carbonyl (C=O) groups is 7. The second-order valence-corrected chi connectivity index (χ2v) is 13.6. The van der Waals surface area contributed by atoms with Crippen LogP contribution in [0.1, 0.15) is 72.2 Å². The van der Waals surface area contributed by atoms with Crippen LogP contribution >= 0.6 is 0 Å². The summed E-state index contributed by atoms with van der Waals surface area (Å²) in [6, 6.07) is 7.79. The third-order valence-electron chi connectivity index (χ3n) is 10.1. The number of esters is 6. The van der Waals surface area contributed by atoms with Gasteiger partial charge in [-0.1, -0.05) is 32.0 Å². The van der Waals surface area contributed by atoms with E-state index in [-0.39, 0.29) is 12.0 Å². The van der Waals surface area contributed by atoms with Crippen molar-refractivity contribution < 1.29 is 76.9 Å². The Labute approximate surface area is 294 Å². The maximum Gasteiger partial charge on any atom is 0.338 e. The number of carbonyl (C=O) groups excluding carboxylic acids is 7. The maximum absolute atomic E-state index is 14.7. The highest BCUT2D eigenvalue weighted by Crippen LogP contribution is 2.68. The van der Waals surface area contributed by atoms with Gasteiger partial charge in [-0.25, -0.2) is 4.79 Å². The van der Waals surface area contributed by atoms with Crippen LogP contribution < -0.4 is 0 Å². The summed E-state index contributed by atoms with van der Waals surface area (Å²) >= 11 is 0. The predicted octanol–water partition coefficient (Wildman–Crippen LogP) is 0.998. The molecular weight excluding hydrogens is 676 g/mol. The Morgan fingerprint density at radius 2 is 1.41 bits per heavy atom. The van der Waals surface area contributed by atoms with Crippen LogP contribution in [0, 0.1) is 17.3 Å². The van der Waals surface area contributed by atoms with Gasteiger partial charge >= 0.3 is 35.8 Å². The van der Waals surface area contributed by atoms with Crippen LogP contribution in [-0.2, 0) is 61.9 Å². The van der Waals surface area contributed by atoms with E-state index in [1.165, 1.54) is 26.0 Å². The molecule has 1 unspecified atom stereocenters. The van der Waals surface area contributed by atoms with E-state index in [4.69, 9.17) is 33.2 Å². The number of benzene rings is 1. The molecule has 4 rings (SSSR count). The third-order valence-corrected chi connectivity index (χ3v) is 10.1. The number of Topliss-reactive ketones (excluding diaryl/α,β-unsaturated/α-hetero) is 1. The third kappa shape index (κ3) is 6.48. The highest BCUT2D eigenvalue weighted by molar-refractivity contribution is 5.93. The molecule has 280 valence electrons. The molecule has 2 aliphatic carbocycles. The number of aliphatic hydroxyl groups is 2. The van der Waals surface area contributed by atoms with E-state index in [1.54, 1.807) is 25.1 Å². The molecule has 16 heteroatoms. The highest BCUT2D eigenvalue weighted by Gasteiger charge is 2.90. The number of ketones is 1. The monoisotopic (exact) mass is 720 g/mol. The average molecular weight is 721 g/mol. The van der Waals surface area contributed by atoms with Crippen molar-refractivity contribution in [1.29, 1.82) is 0 Å². The van der Waals surface area contributed by atoms with Crippen LogP contribution in [0.3, 0.4) is 0 Å². The highest BCUT2D eigenvalue weighted by atomic mass is 16.7. The van der Waals surface area contributed by atoms with Gasteiger partial charge in [0.05, 0.1) is 23.5 Å². The first kappa shape index (κ1) is 39.4. The van der Waals surface area contributed by atoms with Gasteiger partial charge in [-0.2, -0.15) is 0 Å². The second kappa shape index (κ2) is 14.3. The molecular formula is C35H44O16. The zero-order valence-electron chi connectivity index (χ0n) is 29.7. The van der Waals surface area contributed by atoms with Crippen LogP contribution in [0.2, 0.25) is 0 Å². The van der Waals surface area contributed by atoms with Crippen LogP contribution in [-0.4, -0.2) is 112 Å². The van der Waals surface area contributed by atoms with Crippen molar-refractivity contribution in [3.05, 3.63) is 35.9 Å². The number of hydrogen-bond donors (Lipinski definition) is 2. The summed E-state index contributed by atoms with van der Waals surface area (Å²) in [5, 5.41) is 25.3. The fraction of sp³-hybridized carbons (Fsp3) is 0.629. The van der Waals surface area contributed by atoms with Gasteiger partial charge in [-0.15, -0.1) is 0 Å². The molecule has 0 radical (unpaired) electrons. The van der Waals surface area contributed by atoms with E-state index in [1.807, 2.05) is 0 Å². The fourth-order valence-corrected chi connectivity index (χ4v) is 7.77. The van der Waals surface area contributed by atoms with Crippen LogP contribution in [0.5, 0.6) is 0 Å². The summed E-state index contributed by atoms with van der Waals surface area (Å²) < 4.78 is 40.5. The molecule has 1 saturated heterocycles. The molecule has 2 N–H and O–H groups in total. The molecule has 2 bridgehead atoms. The minimum absolute atomic E-state index is 0.134. The Hall–Kier alpha value is -4.41. The van der Waals surface area contributed by atoms with E-state index in [0.29, 0.717) is 0 Å². The average Bonchev–Trinajstić information content (AvgIpc) is 3.26. The Morgan fingerprint density at radius 1 is 0.824 bits per heavy atom. The number of aliphatic hydroxyl groups excluding tert-OH is 1. The van der Waals surface area contributed by atoms with E-state index in [0.717, 1.165) is 34.6 Å². The van der Waals surface area contributed by atoms with Gasteiger partial charge < -0.3 is 43.4 Å². The van der Waals surface area contributed by atoms with Gasteiger partial charge in [0.15, 0.2) is 30.2 Å². The summed E-state index contributed by atoms with van der Waals surface area (Å²) in [7, 11) is 0. The van der Waals surface area contributed by atoms with Gasteiger partial charge in [0, 0.05) is 27.7 Å². The lowest BCUT2D eigenvalue weighted by Crippen LogP contribution is -2.88. The minimum atomic E-state index is -2.76. The molecule has 3 aliphatic rings. The Morgan fingerprint density at radius 3 is 1.94 bits per heavy atom. The minimum Gasteiger partial charge on any atom is -0.465 e. The molecule has 1 aliphatic heterocycles. The molecule has 2 saturated carbocycles. The number of ether oxygens (including phenoxy) is 7. The van der Waals surface area contributed by atoms with Gasteiger partial charge in [0.1, 0.15) is 35.4 Å². The molecule has 1 aromatic rings. The first-order chi connectivity index (χ1) is 23.7. The van der Waals surface area contributed by atoms with Crippen molar-refractivity contribution in [3.8, 4) is 0 Å².